The van der Waals surface area contributed by atoms with E-state index in [1.807, 2.05) is 48.3 Å². The van der Waals surface area contributed by atoms with Gasteiger partial charge in [0.1, 0.15) is 0 Å². The molecule has 0 saturated carbocycles. The Morgan fingerprint density at radius 1 is 1.16 bits per heavy atom. The standard InChI is InChI=1S/C15H20N4/c1-11(2)9-13-7-8-15(18-17-13)19(3)14-6-4-5-12(16)10-14/h4-8,10-11H,9,16H2,1-3H3. The van der Waals surface area contributed by atoms with Gasteiger partial charge in [0.25, 0.3) is 0 Å². The molecular weight excluding hydrogens is 236 g/mol. The third-order valence-corrected chi connectivity index (χ3v) is 2.92. The Hall–Kier alpha value is -2.10. The molecule has 0 spiro atoms. The number of rotatable bonds is 4. The molecule has 1 aromatic heterocycles. The van der Waals surface area contributed by atoms with Gasteiger partial charge in [0, 0.05) is 18.4 Å². The van der Waals surface area contributed by atoms with Crippen molar-refractivity contribution in [3.8, 4) is 0 Å². The van der Waals surface area contributed by atoms with Gasteiger partial charge in [0.15, 0.2) is 5.82 Å². The van der Waals surface area contributed by atoms with Crippen LogP contribution < -0.4 is 10.6 Å². The molecule has 2 N–H and O–H groups in total. The van der Waals surface area contributed by atoms with Crippen LogP contribution in [0.4, 0.5) is 17.2 Å². The molecule has 0 aliphatic carbocycles. The zero-order chi connectivity index (χ0) is 13.8. The molecule has 4 nitrogen and oxygen atoms in total. The predicted molar refractivity (Wildman–Crippen MR) is 79.5 cm³/mol. The van der Waals surface area contributed by atoms with Crippen molar-refractivity contribution in [3.05, 3.63) is 42.1 Å². The van der Waals surface area contributed by atoms with Crippen LogP contribution in [0.5, 0.6) is 0 Å². The zero-order valence-electron chi connectivity index (χ0n) is 11.7. The minimum Gasteiger partial charge on any atom is -0.399 e. The number of nitrogens with two attached hydrogens (primary N) is 1. The molecule has 2 aromatic rings. The zero-order valence-corrected chi connectivity index (χ0v) is 11.7. The van der Waals surface area contributed by atoms with Crippen molar-refractivity contribution in [2.45, 2.75) is 20.3 Å². The van der Waals surface area contributed by atoms with Crippen LogP contribution in [0, 0.1) is 5.92 Å². The molecule has 2 rings (SSSR count). The third-order valence-electron chi connectivity index (χ3n) is 2.92. The topological polar surface area (TPSA) is 55.0 Å². The maximum atomic E-state index is 5.79. The van der Waals surface area contributed by atoms with Crippen LogP contribution in [0.15, 0.2) is 36.4 Å². The molecule has 0 bridgehead atoms. The van der Waals surface area contributed by atoms with Gasteiger partial charge >= 0.3 is 0 Å². The third kappa shape index (κ3) is 3.44. The summed E-state index contributed by atoms with van der Waals surface area (Å²) in [5, 5.41) is 8.54. The first kappa shape index (κ1) is 13.3. The monoisotopic (exact) mass is 256 g/mol. The Bertz CT molecular complexity index is 534. The smallest absolute Gasteiger partial charge is 0.155 e. The van der Waals surface area contributed by atoms with Gasteiger partial charge in [-0.1, -0.05) is 19.9 Å². The summed E-state index contributed by atoms with van der Waals surface area (Å²) in [5.41, 5.74) is 8.57. The molecule has 0 aliphatic heterocycles. The van der Waals surface area contributed by atoms with Gasteiger partial charge in [0.2, 0.25) is 0 Å². The van der Waals surface area contributed by atoms with Crippen molar-refractivity contribution in [1.82, 2.24) is 10.2 Å². The van der Waals surface area contributed by atoms with Gasteiger partial charge in [-0.05, 0) is 42.7 Å². The van der Waals surface area contributed by atoms with E-state index < -0.39 is 0 Å². The second-order valence-electron chi connectivity index (χ2n) is 5.13. The summed E-state index contributed by atoms with van der Waals surface area (Å²) in [7, 11) is 1.96. The van der Waals surface area contributed by atoms with Crippen LogP contribution in [-0.4, -0.2) is 17.2 Å². The van der Waals surface area contributed by atoms with E-state index in [0.29, 0.717) is 5.92 Å². The largest absolute Gasteiger partial charge is 0.399 e. The highest BCUT2D eigenvalue weighted by Gasteiger charge is 2.07. The molecule has 19 heavy (non-hydrogen) atoms. The van der Waals surface area contributed by atoms with Crippen molar-refractivity contribution in [2.24, 2.45) is 5.92 Å². The van der Waals surface area contributed by atoms with E-state index in [1.165, 1.54) is 0 Å². The summed E-state index contributed by atoms with van der Waals surface area (Å²) in [6.07, 6.45) is 0.954. The number of nitrogen functional groups attached to an aromatic ring is 1. The van der Waals surface area contributed by atoms with Gasteiger partial charge in [-0.15, -0.1) is 5.10 Å². The Balaban J connectivity index is 2.17. The lowest BCUT2D eigenvalue weighted by Gasteiger charge is -2.18. The molecule has 0 fully saturated rings. The van der Waals surface area contributed by atoms with Crippen molar-refractivity contribution in [1.29, 1.82) is 0 Å². The van der Waals surface area contributed by atoms with Gasteiger partial charge in [-0.25, -0.2) is 0 Å². The van der Waals surface area contributed by atoms with Crippen molar-refractivity contribution >= 4 is 17.2 Å². The highest BCUT2D eigenvalue weighted by molar-refractivity contribution is 5.63. The quantitative estimate of drug-likeness (QED) is 0.854. The van der Waals surface area contributed by atoms with Crippen LogP contribution in [0.1, 0.15) is 19.5 Å². The average Bonchev–Trinajstić information content (AvgIpc) is 2.38. The second-order valence-corrected chi connectivity index (χ2v) is 5.13. The number of nitrogens with zero attached hydrogens (tertiary/aromatic N) is 3. The van der Waals surface area contributed by atoms with E-state index in [1.54, 1.807) is 0 Å². The highest BCUT2D eigenvalue weighted by atomic mass is 15.2. The number of aromatic nitrogens is 2. The molecule has 0 unspecified atom stereocenters. The molecular formula is C15H20N4. The summed E-state index contributed by atoms with van der Waals surface area (Å²) in [5.74, 6) is 1.41. The predicted octanol–water partition coefficient (Wildman–Crippen LogP) is 3.03. The van der Waals surface area contributed by atoms with E-state index in [0.717, 1.165) is 29.3 Å². The molecule has 100 valence electrons. The van der Waals surface area contributed by atoms with E-state index in [9.17, 15) is 0 Å². The van der Waals surface area contributed by atoms with Crippen LogP contribution in [0.25, 0.3) is 0 Å². The first-order chi connectivity index (χ1) is 9.06. The second kappa shape index (κ2) is 5.69. The van der Waals surface area contributed by atoms with E-state index >= 15 is 0 Å². The van der Waals surface area contributed by atoms with Crippen molar-refractivity contribution in [3.63, 3.8) is 0 Å². The van der Waals surface area contributed by atoms with Gasteiger partial charge in [-0.3, -0.25) is 0 Å². The maximum Gasteiger partial charge on any atom is 0.155 e. The lowest BCUT2D eigenvalue weighted by Crippen LogP contribution is -2.12. The normalized spacial score (nSPS) is 10.7. The lowest BCUT2D eigenvalue weighted by atomic mass is 10.1. The number of benzene rings is 1. The van der Waals surface area contributed by atoms with Crippen molar-refractivity contribution < 1.29 is 0 Å². The SMILES string of the molecule is CC(C)Cc1ccc(N(C)c2cccc(N)c2)nn1. The molecule has 1 aromatic carbocycles. The summed E-state index contributed by atoms with van der Waals surface area (Å²) < 4.78 is 0. The Morgan fingerprint density at radius 2 is 1.95 bits per heavy atom. The Labute approximate surface area is 114 Å². The molecule has 0 atom stereocenters. The van der Waals surface area contributed by atoms with Crippen LogP contribution in [0.3, 0.4) is 0 Å². The van der Waals surface area contributed by atoms with E-state index in [4.69, 9.17) is 5.73 Å². The lowest BCUT2D eigenvalue weighted by molar-refractivity contribution is 0.628. The molecule has 0 radical (unpaired) electrons. The van der Waals surface area contributed by atoms with Crippen LogP contribution in [0.2, 0.25) is 0 Å². The number of hydrogen-bond acceptors (Lipinski definition) is 4. The van der Waals surface area contributed by atoms with Crippen LogP contribution >= 0.6 is 0 Å². The van der Waals surface area contributed by atoms with Crippen LogP contribution in [-0.2, 0) is 6.42 Å². The molecule has 1 heterocycles. The Morgan fingerprint density at radius 3 is 2.53 bits per heavy atom. The minimum atomic E-state index is 0.590. The van der Waals surface area contributed by atoms with Gasteiger partial charge in [-0.2, -0.15) is 5.10 Å². The average molecular weight is 256 g/mol. The molecule has 0 saturated heterocycles. The first-order valence-corrected chi connectivity index (χ1v) is 6.48. The summed E-state index contributed by atoms with van der Waals surface area (Å²) in [6, 6.07) is 11.7. The molecule has 0 amide bonds. The summed E-state index contributed by atoms with van der Waals surface area (Å²) >= 11 is 0. The minimum absolute atomic E-state index is 0.590. The summed E-state index contributed by atoms with van der Waals surface area (Å²) in [6.45, 7) is 4.35. The first-order valence-electron chi connectivity index (χ1n) is 6.48. The van der Waals surface area contributed by atoms with E-state index in [-0.39, 0.29) is 0 Å². The fraction of sp³-hybridized carbons (Fsp3) is 0.333. The molecule has 4 heteroatoms. The van der Waals surface area contributed by atoms with Crippen molar-refractivity contribution in [2.75, 3.05) is 17.7 Å². The fourth-order valence-electron chi connectivity index (χ4n) is 1.92. The number of hydrogen-bond donors (Lipinski definition) is 1. The van der Waals surface area contributed by atoms with Gasteiger partial charge in [0.05, 0.1) is 5.69 Å². The highest BCUT2D eigenvalue weighted by Crippen LogP contribution is 2.22. The van der Waals surface area contributed by atoms with Gasteiger partial charge < -0.3 is 10.6 Å². The van der Waals surface area contributed by atoms with E-state index in [2.05, 4.69) is 24.0 Å². The fourth-order valence-corrected chi connectivity index (χ4v) is 1.92. The number of anilines is 3. The Kier molecular flexibility index (Phi) is 4.00. The summed E-state index contributed by atoms with van der Waals surface area (Å²) in [4.78, 5) is 1.97. The molecule has 0 aliphatic rings. The maximum absolute atomic E-state index is 5.79.